The first kappa shape index (κ1) is 15.2. The Morgan fingerprint density at radius 3 is 3.00 bits per heavy atom. The van der Waals surface area contributed by atoms with E-state index in [1.165, 1.54) is 23.7 Å². The lowest BCUT2D eigenvalue weighted by Gasteiger charge is -2.08. The molecule has 6 nitrogen and oxygen atoms in total. The highest BCUT2D eigenvalue weighted by atomic mass is 32.2. The molecular weight excluding hydrogens is 286 g/mol. The number of aryl methyl sites for hydroxylation is 1. The molecule has 0 aliphatic rings. The van der Waals surface area contributed by atoms with Crippen LogP contribution in [0.4, 0.5) is 10.6 Å². The molecule has 2 amide bonds. The van der Waals surface area contributed by atoms with Gasteiger partial charge in [0.25, 0.3) is 0 Å². The van der Waals surface area contributed by atoms with Crippen molar-refractivity contribution in [2.24, 2.45) is 0 Å². The average molecular weight is 303 g/mol. The highest BCUT2D eigenvalue weighted by Crippen LogP contribution is 2.13. The molecule has 0 bridgehead atoms. The van der Waals surface area contributed by atoms with Gasteiger partial charge in [-0.2, -0.15) is 0 Å². The van der Waals surface area contributed by atoms with E-state index in [4.69, 9.17) is 0 Å². The second-order valence-corrected chi connectivity index (χ2v) is 5.21. The van der Waals surface area contributed by atoms with E-state index in [0.717, 1.165) is 17.0 Å². The SMILES string of the molecule is CSc1cc(NC(=O)NCCc2ccncc2C)ncn1. The second kappa shape index (κ2) is 7.58. The smallest absolute Gasteiger partial charge is 0.320 e. The summed E-state index contributed by atoms with van der Waals surface area (Å²) in [6.07, 6.45) is 7.69. The van der Waals surface area contributed by atoms with E-state index in [1.54, 1.807) is 12.3 Å². The van der Waals surface area contributed by atoms with Crippen molar-refractivity contribution < 1.29 is 4.79 Å². The predicted octanol–water partition coefficient (Wildman–Crippen LogP) is 2.27. The molecule has 0 spiro atoms. The number of nitrogens with zero attached hydrogens (tertiary/aromatic N) is 3. The van der Waals surface area contributed by atoms with Crippen LogP contribution in [0.15, 0.2) is 35.9 Å². The fourth-order valence-corrected chi connectivity index (χ4v) is 2.16. The standard InChI is InChI=1S/C14H17N5OS/c1-10-8-15-5-3-11(10)4-6-16-14(20)19-12-7-13(21-2)18-9-17-12/h3,5,7-9H,4,6H2,1-2H3,(H2,16,17,18,19,20). The minimum atomic E-state index is -0.271. The van der Waals surface area contributed by atoms with Gasteiger partial charge in [-0.25, -0.2) is 14.8 Å². The summed E-state index contributed by atoms with van der Waals surface area (Å²) in [7, 11) is 0. The van der Waals surface area contributed by atoms with Gasteiger partial charge in [0, 0.05) is 25.0 Å². The van der Waals surface area contributed by atoms with Gasteiger partial charge >= 0.3 is 6.03 Å². The Morgan fingerprint density at radius 2 is 2.24 bits per heavy atom. The zero-order valence-electron chi connectivity index (χ0n) is 12.0. The summed E-state index contributed by atoms with van der Waals surface area (Å²) in [6.45, 7) is 2.56. The second-order valence-electron chi connectivity index (χ2n) is 4.38. The number of hydrogen-bond acceptors (Lipinski definition) is 5. The van der Waals surface area contributed by atoms with Gasteiger partial charge in [0.05, 0.1) is 0 Å². The Bertz CT molecular complexity index is 620. The highest BCUT2D eigenvalue weighted by Gasteiger charge is 2.04. The van der Waals surface area contributed by atoms with Gasteiger partial charge in [0.15, 0.2) is 0 Å². The van der Waals surface area contributed by atoms with Gasteiger partial charge in [-0.15, -0.1) is 11.8 Å². The van der Waals surface area contributed by atoms with Crippen LogP contribution in [0.3, 0.4) is 0 Å². The maximum Gasteiger partial charge on any atom is 0.320 e. The number of nitrogens with one attached hydrogen (secondary N) is 2. The number of urea groups is 1. The molecule has 0 fully saturated rings. The van der Waals surface area contributed by atoms with Crippen LogP contribution in [0, 0.1) is 6.92 Å². The summed E-state index contributed by atoms with van der Waals surface area (Å²) in [4.78, 5) is 23.9. The molecule has 0 unspecified atom stereocenters. The summed E-state index contributed by atoms with van der Waals surface area (Å²) < 4.78 is 0. The number of amides is 2. The minimum absolute atomic E-state index is 0.271. The lowest BCUT2D eigenvalue weighted by molar-refractivity contribution is 0.252. The van der Waals surface area contributed by atoms with Crippen LogP contribution in [0.1, 0.15) is 11.1 Å². The summed E-state index contributed by atoms with van der Waals surface area (Å²) >= 11 is 1.50. The van der Waals surface area contributed by atoms with E-state index in [-0.39, 0.29) is 6.03 Å². The number of anilines is 1. The zero-order valence-corrected chi connectivity index (χ0v) is 12.8. The molecule has 0 saturated carbocycles. The molecule has 2 aromatic heterocycles. The Labute approximate surface area is 127 Å². The molecule has 7 heteroatoms. The topological polar surface area (TPSA) is 79.8 Å². The summed E-state index contributed by atoms with van der Waals surface area (Å²) in [5, 5.41) is 6.31. The predicted molar refractivity (Wildman–Crippen MR) is 83.5 cm³/mol. The molecule has 2 aromatic rings. The van der Waals surface area contributed by atoms with Gasteiger partial charge in [-0.1, -0.05) is 0 Å². The van der Waals surface area contributed by atoms with Gasteiger partial charge in [0.1, 0.15) is 17.2 Å². The summed E-state index contributed by atoms with van der Waals surface area (Å²) in [5.41, 5.74) is 2.30. The Kier molecular flexibility index (Phi) is 5.51. The summed E-state index contributed by atoms with van der Waals surface area (Å²) in [6, 6.07) is 3.42. The molecule has 2 N–H and O–H groups in total. The Morgan fingerprint density at radius 1 is 1.38 bits per heavy atom. The number of rotatable bonds is 5. The lowest BCUT2D eigenvalue weighted by atomic mass is 10.1. The Hall–Kier alpha value is -2.15. The maximum atomic E-state index is 11.8. The van der Waals surface area contributed by atoms with Crippen molar-refractivity contribution in [3.05, 3.63) is 42.0 Å². The van der Waals surface area contributed by atoms with Crippen LogP contribution in [-0.2, 0) is 6.42 Å². The average Bonchev–Trinajstić information content (AvgIpc) is 2.49. The molecule has 0 aromatic carbocycles. The van der Waals surface area contributed by atoms with E-state index in [2.05, 4.69) is 25.6 Å². The van der Waals surface area contributed by atoms with Crippen LogP contribution in [0.5, 0.6) is 0 Å². The quantitative estimate of drug-likeness (QED) is 0.654. The maximum absolute atomic E-state index is 11.8. The first-order valence-electron chi connectivity index (χ1n) is 6.49. The molecule has 0 atom stereocenters. The number of aromatic nitrogens is 3. The first-order chi connectivity index (χ1) is 10.2. The number of carbonyl (C=O) groups excluding carboxylic acids is 1. The fourth-order valence-electron chi connectivity index (χ4n) is 1.77. The van der Waals surface area contributed by atoms with Gasteiger partial charge in [-0.3, -0.25) is 10.3 Å². The third-order valence-corrected chi connectivity index (χ3v) is 3.55. The van der Waals surface area contributed by atoms with Gasteiger partial charge < -0.3 is 5.32 Å². The van der Waals surface area contributed by atoms with Crippen molar-refractivity contribution in [2.75, 3.05) is 18.1 Å². The molecule has 2 heterocycles. The van der Waals surface area contributed by atoms with Crippen molar-refractivity contribution in [2.45, 2.75) is 18.4 Å². The molecule has 110 valence electrons. The van der Waals surface area contributed by atoms with Crippen LogP contribution in [0.2, 0.25) is 0 Å². The third kappa shape index (κ3) is 4.71. The number of thioether (sulfide) groups is 1. The fraction of sp³-hybridized carbons (Fsp3) is 0.286. The first-order valence-corrected chi connectivity index (χ1v) is 7.72. The van der Waals surface area contributed by atoms with Gasteiger partial charge in [-0.05, 0) is 36.8 Å². The van der Waals surface area contributed by atoms with Crippen LogP contribution in [0.25, 0.3) is 0 Å². The van der Waals surface area contributed by atoms with Crippen molar-refractivity contribution in [1.29, 1.82) is 0 Å². The largest absolute Gasteiger partial charge is 0.337 e. The molecule has 2 rings (SSSR count). The van der Waals surface area contributed by atoms with Crippen molar-refractivity contribution in [3.63, 3.8) is 0 Å². The van der Waals surface area contributed by atoms with E-state index in [0.29, 0.717) is 12.4 Å². The molecule has 0 aliphatic heterocycles. The number of hydrogen-bond donors (Lipinski definition) is 2. The summed E-state index contributed by atoms with van der Waals surface area (Å²) in [5.74, 6) is 0.493. The monoisotopic (exact) mass is 303 g/mol. The van der Waals surface area contributed by atoms with Crippen LogP contribution in [-0.4, -0.2) is 33.8 Å². The van der Waals surface area contributed by atoms with Crippen molar-refractivity contribution in [1.82, 2.24) is 20.3 Å². The van der Waals surface area contributed by atoms with Gasteiger partial charge in [0.2, 0.25) is 0 Å². The lowest BCUT2D eigenvalue weighted by Crippen LogP contribution is -2.30. The van der Waals surface area contributed by atoms with E-state index in [9.17, 15) is 4.79 Å². The van der Waals surface area contributed by atoms with Crippen molar-refractivity contribution in [3.8, 4) is 0 Å². The molecular formula is C14H17N5OS. The molecule has 21 heavy (non-hydrogen) atoms. The Balaban J connectivity index is 1.81. The molecule has 0 aliphatic carbocycles. The number of carbonyl (C=O) groups is 1. The number of pyridine rings is 1. The van der Waals surface area contributed by atoms with Crippen molar-refractivity contribution >= 4 is 23.6 Å². The van der Waals surface area contributed by atoms with E-state index < -0.39 is 0 Å². The highest BCUT2D eigenvalue weighted by molar-refractivity contribution is 7.98. The van der Waals surface area contributed by atoms with E-state index in [1.807, 2.05) is 25.4 Å². The third-order valence-electron chi connectivity index (χ3n) is 2.91. The normalized spacial score (nSPS) is 10.2. The van der Waals surface area contributed by atoms with E-state index >= 15 is 0 Å². The zero-order chi connectivity index (χ0) is 15.1. The van der Waals surface area contributed by atoms with Crippen LogP contribution < -0.4 is 10.6 Å². The minimum Gasteiger partial charge on any atom is -0.337 e. The molecule has 0 radical (unpaired) electrons. The van der Waals surface area contributed by atoms with Crippen LogP contribution >= 0.6 is 11.8 Å². The molecule has 0 saturated heterocycles.